The summed E-state index contributed by atoms with van der Waals surface area (Å²) >= 11 is 1.52. The summed E-state index contributed by atoms with van der Waals surface area (Å²) in [5.41, 5.74) is 0.783. The van der Waals surface area contributed by atoms with Crippen LogP contribution in [0.25, 0.3) is 0 Å². The van der Waals surface area contributed by atoms with Gasteiger partial charge in [0.2, 0.25) is 17.7 Å². The minimum Gasteiger partial charge on any atom is -0.480 e. The highest BCUT2D eigenvalue weighted by molar-refractivity contribution is 7.98. The Morgan fingerprint density at radius 3 is 2.26 bits per heavy atom. The Labute approximate surface area is 211 Å². The first-order valence-electron chi connectivity index (χ1n) is 12.1. The number of amides is 3. The maximum Gasteiger partial charge on any atom is 0.326 e. The number of benzene rings is 1. The molecule has 1 aromatic carbocycles. The standard InChI is InChI=1S/C25H38N4O5S/c1-16(2)14-20(28-22(30)18-10-7-12-26-18)24(32)27-19(11-13-35-3)23(31)29-21(25(33)34)15-17-8-5-4-6-9-17/h4-6,8-9,16,18-21,26H,7,10-15H2,1-3H3,(H,27,32)(H,28,30)(H,29,31)(H,33,34)/t18-,19-,20-,21-/m0/s1. The SMILES string of the molecule is CSCC[C@H](NC(=O)[C@H](CC(C)C)NC(=O)[C@@H]1CCCN1)C(=O)N[C@@H](Cc1ccccc1)C(=O)O. The number of hydrogen-bond acceptors (Lipinski definition) is 6. The fourth-order valence-electron chi connectivity index (χ4n) is 3.98. The largest absolute Gasteiger partial charge is 0.480 e. The first kappa shape index (κ1) is 28.6. The van der Waals surface area contributed by atoms with Gasteiger partial charge in [0.15, 0.2) is 0 Å². The summed E-state index contributed by atoms with van der Waals surface area (Å²) in [6.45, 7) is 4.68. The third kappa shape index (κ3) is 9.89. The van der Waals surface area contributed by atoms with Crippen molar-refractivity contribution in [2.24, 2.45) is 5.92 Å². The van der Waals surface area contributed by atoms with Crippen molar-refractivity contribution in [3.8, 4) is 0 Å². The Morgan fingerprint density at radius 1 is 1.03 bits per heavy atom. The summed E-state index contributed by atoms with van der Waals surface area (Å²) in [4.78, 5) is 50.7. The van der Waals surface area contributed by atoms with Gasteiger partial charge in [-0.3, -0.25) is 14.4 Å². The molecule has 1 fully saturated rings. The molecule has 10 heteroatoms. The summed E-state index contributed by atoms with van der Waals surface area (Å²) in [5, 5.41) is 21.0. The number of nitrogens with one attached hydrogen (secondary N) is 4. The van der Waals surface area contributed by atoms with Crippen LogP contribution in [-0.2, 0) is 25.6 Å². The second-order valence-electron chi connectivity index (χ2n) is 9.27. The Bertz CT molecular complexity index is 846. The lowest BCUT2D eigenvalue weighted by Crippen LogP contribution is -2.57. The van der Waals surface area contributed by atoms with Gasteiger partial charge in [-0.05, 0) is 55.7 Å². The molecule has 0 aromatic heterocycles. The predicted molar refractivity (Wildman–Crippen MR) is 137 cm³/mol. The van der Waals surface area contributed by atoms with E-state index in [1.165, 1.54) is 11.8 Å². The van der Waals surface area contributed by atoms with E-state index < -0.39 is 35.9 Å². The maximum atomic E-state index is 13.2. The molecule has 4 atom stereocenters. The Kier molecular flexibility index (Phi) is 12.1. The van der Waals surface area contributed by atoms with Crippen LogP contribution >= 0.6 is 11.8 Å². The second-order valence-corrected chi connectivity index (χ2v) is 10.3. The molecule has 0 spiro atoms. The molecule has 1 aliphatic rings. The highest BCUT2D eigenvalue weighted by Gasteiger charge is 2.31. The molecule has 194 valence electrons. The van der Waals surface area contributed by atoms with E-state index >= 15 is 0 Å². The minimum atomic E-state index is -1.15. The van der Waals surface area contributed by atoms with Gasteiger partial charge in [-0.2, -0.15) is 11.8 Å². The monoisotopic (exact) mass is 506 g/mol. The van der Waals surface area contributed by atoms with E-state index in [0.29, 0.717) is 18.6 Å². The lowest BCUT2D eigenvalue weighted by molar-refractivity contribution is -0.142. The van der Waals surface area contributed by atoms with E-state index in [-0.39, 0.29) is 24.3 Å². The third-order valence-corrected chi connectivity index (χ3v) is 6.50. The zero-order valence-corrected chi connectivity index (χ0v) is 21.5. The Balaban J connectivity index is 2.09. The van der Waals surface area contributed by atoms with Crippen LogP contribution < -0.4 is 21.3 Å². The molecule has 5 N–H and O–H groups in total. The molecule has 0 saturated carbocycles. The molecule has 35 heavy (non-hydrogen) atoms. The van der Waals surface area contributed by atoms with Crippen LogP contribution in [-0.4, -0.2) is 71.5 Å². The average Bonchev–Trinajstić information content (AvgIpc) is 3.36. The topological polar surface area (TPSA) is 137 Å². The molecule has 3 amide bonds. The molecule has 1 saturated heterocycles. The number of carbonyl (C=O) groups excluding carboxylic acids is 3. The first-order chi connectivity index (χ1) is 16.7. The zero-order chi connectivity index (χ0) is 25.8. The third-order valence-electron chi connectivity index (χ3n) is 5.86. The van der Waals surface area contributed by atoms with Crippen LogP contribution in [0.5, 0.6) is 0 Å². The van der Waals surface area contributed by atoms with Crippen LogP contribution in [0.2, 0.25) is 0 Å². The molecule has 0 radical (unpaired) electrons. The van der Waals surface area contributed by atoms with Gasteiger partial charge in [-0.25, -0.2) is 4.79 Å². The van der Waals surface area contributed by atoms with E-state index in [0.717, 1.165) is 24.9 Å². The quantitative estimate of drug-likeness (QED) is 0.257. The molecular formula is C25H38N4O5S. The van der Waals surface area contributed by atoms with Gasteiger partial charge in [-0.1, -0.05) is 44.2 Å². The summed E-state index contributed by atoms with van der Waals surface area (Å²) in [5.74, 6) is -1.62. The van der Waals surface area contributed by atoms with Gasteiger partial charge in [0.25, 0.3) is 0 Å². The van der Waals surface area contributed by atoms with E-state index in [9.17, 15) is 24.3 Å². The van der Waals surface area contributed by atoms with Gasteiger partial charge >= 0.3 is 5.97 Å². The first-order valence-corrected chi connectivity index (χ1v) is 13.5. The average molecular weight is 507 g/mol. The van der Waals surface area contributed by atoms with Crippen molar-refractivity contribution in [2.75, 3.05) is 18.6 Å². The van der Waals surface area contributed by atoms with Crippen LogP contribution in [0.3, 0.4) is 0 Å². The molecule has 1 aromatic rings. The number of rotatable bonds is 14. The second kappa shape index (κ2) is 14.7. The number of carboxylic acid groups (broad SMARTS) is 1. The molecular weight excluding hydrogens is 468 g/mol. The molecule has 0 unspecified atom stereocenters. The molecule has 0 aliphatic carbocycles. The lowest BCUT2D eigenvalue weighted by atomic mass is 10.0. The van der Waals surface area contributed by atoms with Crippen molar-refractivity contribution < 1.29 is 24.3 Å². The number of hydrogen-bond donors (Lipinski definition) is 5. The van der Waals surface area contributed by atoms with Crippen molar-refractivity contribution in [1.29, 1.82) is 0 Å². The smallest absolute Gasteiger partial charge is 0.326 e. The summed E-state index contributed by atoms with van der Waals surface area (Å²) in [6, 6.07) is 5.91. The minimum absolute atomic E-state index is 0.130. The van der Waals surface area contributed by atoms with Crippen molar-refractivity contribution in [2.45, 2.75) is 70.1 Å². The molecule has 0 bridgehead atoms. The van der Waals surface area contributed by atoms with Gasteiger partial charge in [-0.15, -0.1) is 0 Å². The fourth-order valence-corrected chi connectivity index (χ4v) is 4.45. The number of aliphatic carboxylic acids is 1. The highest BCUT2D eigenvalue weighted by atomic mass is 32.2. The fraction of sp³-hybridized carbons (Fsp3) is 0.600. The van der Waals surface area contributed by atoms with E-state index in [1.54, 1.807) is 12.1 Å². The maximum absolute atomic E-state index is 13.2. The lowest BCUT2D eigenvalue weighted by Gasteiger charge is -2.26. The van der Waals surface area contributed by atoms with E-state index in [2.05, 4.69) is 21.3 Å². The molecule has 2 rings (SSSR count). The molecule has 1 heterocycles. The number of carboxylic acids is 1. The van der Waals surface area contributed by atoms with Gasteiger partial charge in [0.1, 0.15) is 18.1 Å². The summed E-state index contributed by atoms with van der Waals surface area (Å²) in [6.07, 6.45) is 4.41. The zero-order valence-electron chi connectivity index (χ0n) is 20.7. The van der Waals surface area contributed by atoms with Crippen LogP contribution in [0, 0.1) is 5.92 Å². The number of thioether (sulfide) groups is 1. The molecule has 9 nitrogen and oxygen atoms in total. The van der Waals surface area contributed by atoms with Gasteiger partial charge in [0.05, 0.1) is 6.04 Å². The van der Waals surface area contributed by atoms with Crippen LogP contribution in [0.1, 0.15) is 45.1 Å². The predicted octanol–water partition coefficient (Wildman–Crippen LogP) is 1.32. The summed E-state index contributed by atoms with van der Waals surface area (Å²) in [7, 11) is 0. The van der Waals surface area contributed by atoms with E-state index in [1.807, 2.05) is 38.3 Å². The van der Waals surface area contributed by atoms with Crippen LogP contribution in [0.4, 0.5) is 0 Å². The van der Waals surface area contributed by atoms with Gasteiger partial charge < -0.3 is 26.4 Å². The van der Waals surface area contributed by atoms with E-state index in [4.69, 9.17) is 0 Å². The van der Waals surface area contributed by atoms with Gasteiger partial charge in [0, 0.05) is 6.42 Å². The molecule has 1 aliphatic heterocycles. The Morgan fingerprint density at radius 2 is 1.69 bits per heavy atom. The number of carbonyl (C=O) groups is 4. The van der Waals surface area contributed by atoms with Crippen molar-refractivity contribution in [3.63, 3.8) is 0 Å². The Hall–Kier alpha value is -2.59. The normalized spacial score (nSPS) is 17.9. The summed E-state index contributed by atoms with van der Waals surface area (Å²) < 4.78 is 0. The van der Waals surface area contributed by atoms with Crippen molar-refractivity contribution >= 4 is 35.5 Å². The highest BCUT2D eigenvalue weighted by Crippen LogP contribution is 2.11. The van der Waals surface area contributed by atoms with Crippen LogP contribution in [0.15, 0.2) is 30.3 Å². The van der Waals surface area contributed by atoms with Crippen molar-refractivity contribution in [1.82, 2.24) is 21.3 Å². The van der Waals surface area contributed by atoms with Crippen molar-refractivity contribution in [3.05, 3.63) is 35.9 Å².